The number of halogens is 3. The minimum atomic E-state index is -4.51. The lowest BCUT2D eigenvalue weighted by Crippen LogP contribution is -2.54. The van der Waals surface area contributed by atoms with Crippen LogP contribution in [0.3, 0.4) is 0 Å². The van der Waals surface area contributed by atoms with Gasteiger partial charge in [0.25, 0.3) is 0 Å². The van der Waals surface area contributed by atoms with E-state index in [2.05, 4.69) is 10.3 Å². The van der Waals surface area contributed by atoms with Crippen molar-refractivity contribution < 1.29 is 22.8 Å². The monoisotopic (exact) mass is 429 g/mol. The van der Waals surface area contributed by atoms with Crippen LogP contribution < -0.4 is 10.6 Å². The standard InChI is InChI=1S/C23H22F3N3O2/c24-23(25,26)20-11-10-16(22(31)29-20)21(30)28-12-17(14-6-2-1-3-7-14)18-13-27-19-9-5-4-8-15(18)19/h1-9,13,16-17,20,27H,10-12H2,(H,28,30)(H,29,31)/t16-,17-,20+/m1/s1. The maximum atomic E-state index is 12.9. The predicted molar refractivity (Wildman–Crippen MR) is 110 cm³/mol. The van der Waals surface area contributed by atoms with Crippen LogP contribution in [-0.4, -0.2) is 35.6 Å². The molecule has 2 heterocycles. The maximum absolute atomic E-state index is 12.9. The van der Waals surface area contributed by atoms with E-state index in [4.69, 9.17) is 0 Å². The van der Waals surface area contributed by atoms with Gasteiger partial charge < -0.3 is 15.6 Å². The second-order valence-corrected chi connectivity index (χ2v) is 7.73. The molecule has 0 saturated carbocycles. The van der Waals surface area contributed by atoms with Crippen LogP contribution in [-0.2, 0) is 9.59 Å². The summed E-state index contributed by atoms with van der Waals surface area (Å²) in [4.78, 5) is 28.0. The van der Waals surface area contributed by atoms with E-state index in [9.17, 15) is 22.8 Å². The number of nitrogens with one attached hydrogen (secondary N) is 3. The largest absolute Gasteiger partial charge is 0.408 e. The normalized spacial score (nSPS) is 20.3. The molecule has 3 aromatic rings. The molecule has 1 aliphatic heterocycles. The molecular formula is C23H22F3N3O2. The van der Waals surface area contributed by atoms with E-state index in [1.807, 2.05) is 66.1 Å². The Labute approximate surface area is 177 Å². The highest BCUT2D eigenvalue weighted by atomic mass is 19.4. The van der Waals surface area contributed by atoms with Gasteiger partial charge in [-0.05, 0) is 30.0 Å². The molecule has 162 valence electrons. The van der Waals surface area contributed by atoms with Crippen molar-refractivity contribution in [3.05, 3.63) is 71.9 Å². The number of aromatic amines is 1. The summed E-state index contributed by atoms with van der Waals surface area (Å²) in [6.45, 7) is 0.219. The van der Waals surface area contributed by atoms with E-state index in [1.165, 1.54) is 0 Å². The van der Waals surface area contributed by atoms with Gasteiger partial charge in [0, 0.05) is 29.6 Å². The molecule has 0 unspecified atom stereocenters. The SMILES string of the molecule is O=C(NC[C@H](c1ccccc1)c1c[nH]c2ccccc12)[C@H]1CC[C@@H](C(F)(F)F)NC1=O. The lowest BCUT2D eigenvalue weighted by atomic mass is 9.89. The van der Waals surface area contributed by atoms with Crippen LogP contribution in [0.25, 0.3) is 10.9 Å². The van der Waals surface area contributed by atoms with Gasteiger partial charge in [-0.2, -0.15) is 13.2 Å². The third-order valence-electron chi connectivity index (χ3n) is 5.77. The molecule has 1 aromatic heterocycles. The molecule has 8 heteroatoms. The van der Waals surface area contributed by atoms with Crippen LogP contribution in [0.15, 0.2) is 60.8 Å². The third-order valence-corrected chi connectivity index (χ3v) is 5.77. The average Bonchev–Trinajstić information content (AvgIpc) is 3.18. The molecule has 1 aliphatic rings. The second kappa shape index (κ2) is 8.45. The number of para-hydroxylation sites is 1. The highest BCUT2D eigenvalue weighted by Gasteiger charge is 2.45. The van der Waals surface area contributed by atoms with Crippen LogP contribution in [0.4, 0.5) is 13.2 Å². The van der Waals surface area contributed by atoms with Crippen LogP contribution >= 0.6 is 0 Å². The quantitative estimate of drug-likeness (QED) is 0.539. The Bertz CT molecular complexity index is 1080. The van der Waals surface area contributed by atoms with Gasteiger partial charge in [-0.3, -0.25) is 9.59 Å². The maximum Gasteiger partial charge on any atom is 0.408 e. The Hall–Kier alpha value is -3.29. The number of carbonyl (C=O) groups is 2. The molecule has 0 aliphatic carbocycles. The van der Waals surface area contributed by atoms with Gasteiger partial charge >= 0.3 is 6.18 Å². The van der Waals surface area contributed by atoms with Gasteiger partial charge in [-0.15, -0.1) is 0 Å². The molecule has 4 rings (SSSR count). The molecule has 2 amide bonds. The van der Waals surface area contributed by atoms with E-state index < -0.39 is 30.0 Å². The Balaban J connectivity index is 1.51. The molecule has 0 spiro atoms. The topological polar surface area (TPSA) is 74.0 Å². The Kier molecular flexibility index (Phi) is 5.71. The van der Waals surface area contributed by atoms with Gasteiger partial charge in [-0.1, -0.05) is 48.5 Å². The van der Waals surface area contributed by atoms with Crippen molar-refractivity contribution in [1.82, 2.24) is 15.6 Å². The number of amides is 2. The number of aromatic nitrogens is 1. The molecule has 5 nitrogen and oxygen atoms in total. The van der Waals surface area contributed by atoms with Crippen LogP contribution in [0.2, 0.25) is 0 Å². The summed E-state index contributed by atoms with van der Waals surface area (Å²) in [6.07, 6.45) is -3.05. The van der Waals surface area contributed by atoms with E-state index in [-0.39, 0.29) is 25.3 Å². The molecule has 1 fully saturated rings. The Morgan fingerprint density at radius 2 is 1.77 bits per heavy atom. The van der Waals surface area contributed by atoms with Crippen molar-refractivity contribution in [2.75, 3.05) is 6.54 Å². The van der Waals surface area contributed by atoms with Gasteiger partial charge in [0.2, 0.25) is 11.8 Å². The molecular weight excluding hydrogens is 407 g/mol. The first-order valence-corrected chi connectivity index (χ1v) is 10.1. The smallest absolute Gasteiger partial charge is 0.361 e. The van der Waals surface area contributed by atoms with Gasteiger partial charge in [-0.25, -0.2) is 0 Å². The number of hydrogen-bond donors (Lipinski definition) is 3. The van der Waals surface area contributed by atoms with Crippen LogP contribution in [0.5, 0.6) is 0 Å². The van der Waals surface area contributed by atoms with Crippen molar-refractivity contribution in [1.29, 1.82) is 0 Å². The zero-order chi connectivity index (χ0) is 22.0. The van der Waals surface area contributed by atoms with Gasteiger partial charge in [0.1, 0.15) is 12.0 Å². The molecule has 2 aromatic carbocycles. The number of alkyl halides is 3. The number of rotatable bonds is 5. The minimum absolute atomic E-state index is 0.134. The number of fused-ring (bicyclic) bond motifs is 1. The highest BCUT2D eigenvalue weighted by molar-refractivity contribution is 6.01. The lowest BCUT2D eigenvalue weighted by molar-refractivity contribution is -0.171. The predicted octanol–water partition coefficient (Wildman–Crippen LogP) is 3.87. The molecule has 0 bridgehead atoms. The number of H-pyrrole nitrogens is 1. The zero-order valence-electron chi connectivity index (χ0n) is 16.6. The zero-order valence-corrected chi connectivity index (χ0v) is 16.6. The van der Waals surface area contributed by atoms with E-state index >= 15 is 0 Å². The summed E-state index contributed by atoms with van der Waals surface area (Å²) in [5.74, 6) is -2.75. The number of carbonyl (C=O) groups excluding carboxylic acids is 2. The number of piperidine rings is 1. The van der Waals surface area contributed by atoms with E-state index in [0.717, 1.165) is 22.0 Å². The molecule has 0 radical (unpaired) electrons. The molecule has 31 heavy (non-hydrogen) atoms. The summed E-state index contributed by atoms with van der Waals surface area (Å²) in [5, 5.41) is 5.74. The summed E-state index contributed by atoms with van der Waals surface area (Å²) in [5.41, 5.74) is 2.94. The third kappa shape index (κ3) is 4.42. The van der Waals surface area contributed by atoms with Crippen LogP contribution in [0.1, 0.15) is 29.9 Å². The second-order valence-electron chi connectivity index (χ2n) is 7.73. The summed E-state index contributed by atoms with van der Waals surface area (Å²) < 4.78 is 38.6. The first kappa shape index (κ1) is 21.0. The lowest BCUT2D eigenvalue weighted by Gasteiger charge is -2.30. The van der Waals surface area contributed by atoms with E-state index in [0.29, 0.717) is 0 Å². The van der Waals surface area contributed by atoms with Crippen molar-refractivity contribution >= 4 is 22.7 Å². The molecule has 1 saturated heterocycles. The fourth-order valence-corrected chi connectivity index (χ4v) is 4.11. The van der Waals surface area contributed by atoms with E-state index in [1.54, 1.807) is 0 Å². The number of benzene rings is 2. The van der Waals surface area contributed by atoms with Crippen molar-refractivity contribution in [2.45, 2.75) is 31.0 Å². The van der Waals surface area contributed by atoms with Crippen molar-refractivity contribution in [2.24, 2.45) is 5.92 Å². The fraction of sp³-hybridized carbons (Fsp3) is 0.304. The van der Waals surface area contributed by atoms with Crippen molar-refractivity contribution in [3.63, 3.8) is 0 Å². The fourth-order valence-electron chi connectivity index (χ4n) is 4.11. The van der Waals surface area contributed by atoms with Gasteiger partial charge in [0.15, 0.2) is 0 Å². The summed E-state index contributed by atoms with van der Waals surface area (Å²) >= 11 is 0. The Morgan fingerprint density at radius 3 is 2.48 bits per heavy atom. The molecule has 3 atom stereocenters. The highest BCUT2D eigenvalue weighted by Crippen LogP contribution is 2.31. The first-order chi connectivity index (χ1) is 14.8. The Morgan fingerprint density at radius 1 is 1.06 bits per heavy atom. The summed E-state index contributed by atoms with van der Waals surface area (Å²) in [6, 6.07) is 15.6. The van der Waals surface area contributed by atoms with Crippen molar-refractivity contribution in [3.8, 4) is 0 Å². The first-order valence-electron chi connectivity index (χ1n) is 10.1. The minimum Gasteiger partial charge on any atom is -0.361 e. The summed E-state index contributed by atoms with van der Waals surface area (Å²) in [7, 11) is 0. The van der Waals surface area contributed by atoms with Gasteiger partial charge in [0.05, 0.1) is 0 Å². The average molecular weight is 429 g/mol. The molecule has 3 N–H and O–H groups in total. The van der Waals surface area contributed by atoms with Crippen LogP contribution in [0, 0.1) is 5.92 Å². The number of hydrogen-bond acceptors (Lipinski definition) is 2.